The number of rotatable bonds is 1. The van der Waals surface area contributed by atoms with Gasteiger partial charge in [0.25, 0.3) is 0 Å². The third kappa shape index (κ3) is 1.85. The van der Waals surface area contributed by atoms with Gasteiger partial charge >= 0.3 is 0 Å². The number of nitrogens with zero attached hydrogens (tertiary/aromatic N) is 3. The SMILES string of the molecule is CC1c2c(cnn2C2CCOCC2)-c2cccc(N)c2N1C. The molecule has 2 aliphatic heterocycles. The van der Waals surface area contributed by atoms with Gasteiger partial charge in [0.15, 0.2) is 0 Å². The van der Waals surface area contributed by atoms with Gasteiger partial charge in [-0.05, 0) is 25.8 Å². The molecule has 0 spiro atoms. The van der Waals surface area contributed by atoms with Gasteiger partial charge in [0.2, 0.25) is 0 Å². The molecule has 0 saturated carbocycles. The maximum absolute atomic E-state index is 6.22. The van der Waals surface area contributed by atoms with E-state index in [1.54, 1.807) is 0 Å². The highest BCUT2D eigenvalue weighted by molar-refractivity contribution is 5.90. The first-order valence-electron chi connectivity index (χ1n) is 7.95. The summed E-state index contributed by atoms with van der Waals surface area (Å²) >= 11 is 0. The van der Waals surface area contributed by atoms with Crippen LogP contribution in [0.1, 0.15) is 37.5 Å². The standard InChI is InChI=1S/C17H22N4O/c1-11-16-14(10-19-21(16)12-6-8-22-9-7-12)13-4-3-5-15(18)17(13)20(11)2/h3-5,10-12H,6-9,18H2,1-2H3. The van der Waals surface area contributed by atoms with E-state index in [9.17, 15) is 0 Å². The van der Waals surface area contributed by atoms with Gasteiger partial charge < -0.3 is 15.4 Å². The van der Waals surface area contributed by atoms with Crippen LogP contribution in [-0.4, -0.2) is 30.0 Å². The van der Waals surface area contributed by atoms with Crippen LogP contribution in [-0.2, 0) is 4.74 Å². The third-order valence-electron chi connectivity index (χ3n) is 5.06. The van der Waals surface area contributed by atoms with Gasteiger partial charge in [0.1, 0.15) is 0 Å². The molecule has 2 N–H and O–H groups in total. The van der Waals surface area contributed by atoms with E-state index in [0.717, 1.165) is 37.4 Å². The Hall–Kier alpha value is -2.01. The van der Waals surface area contributed by atoms with Crippen molar-refractivity contribution in [1.82, 2.24) is 9.78 Å². The molecule has 0 aliphatic carbocycles. The van der Waals surface area contributed by atoms with Gasteiger partial charge in [-0.25, -0.2) is 0 Å². The summed E-state index contributed by atoms with van der Waals surface area (Å²) in [4.78, 5) is 2.27. The Morgan fingerprint density at radius 1 is 1.23 bits per heavy atom. The second-order valence-electron chi connectivity index (χ2n) is 6.26. The molecule has 1 fully saturated rings. The van der Waals surface area contributed by atoms with Crippen molar-refractivity contribution in [3.05, 3.63) is 30.1 Å². The quantitative estimate of drug-likeness (QED) is 0.822. The summed E-state index contributed by atoms with van der Waals surface area (Å²) in [6, 6.07) is 6.83. The highest BCUT2D eigenvalue weighted by atomic mass is 16.5. The molecular weight excluding hydrogens is 276 g/mol. The number of para-hydroxylation sites is 1. The number of hydrogen-bond acceptors (Lipinski definition) is 4. The molecule has 5 nitrogen and oxygen atoms in total. The number of fused-ring (bicyclic) bond motifs is 3. The van der Waals surface area contributed by atoms with Crippen LogP contribution in [0.3, 0.4) is 0 Å². The van der Waals surface area contributed by atoms with Crippen LogP contribution < -0.4 is 10.6 Å². The van der Waals surface area contributed by atoms with Crippen LogP contribution in [0.5, 0.6) is 0 Å². The lowest BCUT2D eigenvalue weighted by Crippen LogP contribution is -2.31. The van der Waals surface area contributed by atoms with Crippen molar-refractivity contribution in [1.29, 1.82) is 0 Å². The molecule has 3 heterocycles. The van der Waals surface area contributed by atoms with Crippen molar-refractivity contribution in [2.45, 2.75) is 31.8 Å². The zero-order chi connectivity index (χ0) is 15.3. The second kappa shape index (κ2) is 5.02. The minimum atomic E-state index is 0.262. The van der Waals surface area contributed by atoms with Gasteiger partial charge in [0, 0.05) is 31.4 Å². The van der Waals surface area contributed by atoms with E-state index >= 15 is 0 Å². The molecule has 1 aromatic carbocycles. The minimum Gasteiger partial charge on any atom is -0.397 e. The van der Waals surface area contributed by atoms with E-state index in [1.165, 1.54) is 16.8 Å². The molecule has 0 amide bonds. The average molecular weight is 298 g/mol. The Kier molecular flexibility index (Phi) is 3.11. The summed E-state index contributed by atoms with van der Waals surface area (Å²) in [7, 11) is 2.12. The molecule has 0 bridgehead atoms. The Labute approximate surface area is 130 Å². The highest BCUT2D eigenvalue weighted by Gasteiger charge is 2.33. The fourth-order valence-electron chi connectivity index (χ4n) is 3.77. The number of aromatic nitrogens is 2. The number of benzene rings is 1. The second-order valence-corrected chi connectivity index (χ2v) is 6.26. The zero-order valence-electron chi connectivity index (χ0n) is 13.1. The summed E-state index contributed by atoms with van der Waals surface area (Å²) < 4.78 is 7.72. The number of nitrogen functional groups attached to an aromatic ring is 1. The molecule has 2 aromatic rings. The number of hydrogen-bond donors (Lipinski definition) is 1. The first kappa shape index (κ1) is 13.6. The number of nitrogens with two attached hydrogens (primary N) is 1. The third-order valence-corrected chi connectivity index (χ3v) is 5.06. The lowest BCUT2D eigenvalue weighted by Gasteiger charge is -2.36. The lowest BCUT2D eigenvalue weighted by molar-refractivity contribution is 0.0651. The highest BCUT2D eigenvalue weighted by Crippen LogP contribution is 2.47. The van der Waals surface area contributed by atoms with E-state index in [1.807, 2.05) is 18.3 Å². The molecule has 2 aliphatic rings. The first-order chi connectivity index (χ1) is 10.7. The summed E-state index contributed by atoms with van der Waals surface area (Å²) in [5.74, 6) is 0. The van der Waals surface area contributed by atoms with Crippen LogP contribution in [0.25, 0.3) is 11.1 Å². The van der Waals surface area contributed by atoms with E-state index in [2.05, 4.69) is 29.6 Å². The van der Waals surface area contributed by atoms with Crippen LogP contribution in [0.2, 0.25) is 0 Å². The fraction of sp³-hybridized carbons (Fsp3) is 0.471. The summed E-state index contributed by atoms with van der Waals surface area (Å²) in [6.07, 6.45) is 4.08. The van der Waals surface area contributed by atoms with Crippen molar-refractivity contribution in [3.8, 4) is 11.1 Å². The monoisotopic (exact) mass is 298 g/mol. The molecule has 1 unspecified atom stereocenters. The summed E-state index contributed by atoms with van der Waals surface area (Å²) in [5.41, 5.74) is 11.9. The maximum Gasteiger partial charge on any atom is 0.0688 e. The van der Waals surface area contributed by atoms with Gasteiger partial charge in [-0.3, -0.25) is 4.68 Å². The fourth-order valence-corrected chi connectivity index (χ4v) is 3.77. The largest absolute Gasteiger partial charge is 0.397 e. The van der Waals surface area contributed by atoms with Crippen molar-refractivity contribution in [2.75, 3.05) is 30.9 Å². The van der Waals surface area contributed by atoms with Gasteiger partial charge in [0.05, 0.1) is 35.3 Å². The molecule has 1 atom stereocenters. The van der Waals surface area contributed by atoms with Gasteiger partial charge in [-0.1, -0.05) is 12.1 Å². The number of anilines is 2. The van der Waals surface area contributed by atoms with Crippen molar-refractivity contribution in [3.63, 3.8) is 0 Å². The van der Waals surface area contributed by atoms with E-state index in [0.29, 0.717) is 6.04 Å². The molecule has 0 radical (unpaired) electrons. The predicted molar refractivity (Wildman–Crippen MR) is 88.0 cm³/mol. The zero-order valence-corrected chi connectivity index (χ0v) is 13.1. The van der Waals surface area contributed by atoms with Crippen molar-refractivity contribution < 1.29 is 4.74 Å². The minimum absolute atomic E-state index is 0.262. The number of ether oxygens (including phenoxy) is 1. The summed E-state index contributed by atoms with van der Waals surface area (Å²) in [6.45, 7) is 3.88. The van der Waals surface area contributed by atoms with Crippen LogP contribution in [0.15, 0.2) is 24.4 Å². The molecule has 4 rings (SSSR count). The summed E-state index contributed by atoms with van der Waals surface area (Å²) in [5, 5.41) is 4.73. The maximum atomic E-state index is 6.22. The molecule has 1 saturated heterocycles. The molecule has 5 heteroatoms. The first-order valence-corrected chi connectivity index (χ1v) is 7.95. The van der Waals surface area contributed by atoms with E-state index < -0.39 is 0 Å². The van der Waals surface area contributed by atoms with Crippen molar-refractivity contribution in [2.24, 2.45) is 0 Å². The smallest absolute Gasteiger partial charge is 0.0688 e. The molecule has 22 heavy (non-hydrogen) atoms. The lowest BCUT2D eigenvalue weighted by atomic mass is 9.93. The Balaban J connectivity index is 1.87. The predicted octanol–water partition coefficient (Wildman–Crippen LogP) is 2.99. The Morgan fingerprint density at radius 2 is 2.00 bits per heavy atom. The normalized spacial score (nSPS) is 21.5. The van der Waals surface area contributed by atoms with E-state index in [4.69, 9.17) is 15.6 Å². The van der Waals surface area contributed by atoms with Gasteiger partial charge in [-0.15, -0.1) is 0 Å². The molecule has 116 valence electrons. The van der Waals surface area contributed by atoms with Gasteiger partial charge in [-0.2, -0.15) is 5.10 Å². The molecule has 1 aromatic heterocycles. The van der Waals surface area contributed by atoms with Crippen molar-refractivity contribution >= 4 is 11.4 Å². The van der Waals surface area contributed by atoms with Crippen LogP contribution in [0.4, 0.5) is 11.4 Å². The Morgan fingerprint density at radius 3 is 2.77 bits per heavy atom. The molecular formula is C17H22N4O. The van der Waals surface area contributed by atoms with Crippen LogP contribution in [0, 0.1) is 0 Å². The van der Waals surface area contributed by atoms with Crippen LogP contribution >= 0.6 is 0 Å². The Bertz CT molecular complexity index is 703. The average Bonchev–Trinajstić information content (AvgIpc) is 2.98. The topological polar surface area (TPSA) is 56.3 Å². The van der Waals surface area contributed by atoms with E-state index in [-0.39, 0.29) is 6.04 Å².